The van der Waals surface area contributed by atoms with Gasteiger partial charge in [0.05, 0.1) is 5.02 Å². The standard InChI is InChI=1S/C42H33ClN4O4S/c43-33-18-25-38(44-27-33)47-42(50)39(31-12-6-2-7-13-31)52-36-23-19-34(20-24-36)45-41(49)37(46-40(48)32-14-8-3-9-15-32)26-29-16-21-35(22-17-29)51-28-30-10-4-1-5-11-30/h1-27,39H,28H2,(H,45,49)(H,46,48)(H,44,47,50)/b37-26-. The second-order valence-corrected chi connectivity index (χ2v) is 13.1. The van der Waals surface area contributed by atoms with Gasteiger partial charge < -0.3 is 20.7 Å². The van der Waals surface area contributed by atoms with E-state index in [1.165, 1.54) is 18.0 Å². The molecule has 1 unspecified atom stereocenters. The van der Waals surface area contributed by atoms with Crippen LogP contribution in [-0.4, -0.2) is 22.7 Å². The Balaban J connectivity index is 1.16. The summed E-state index contributed by atoms with van der Waals surface area (Å²) in [7, 11) is 0. The largest absolute Gasteiger partial charge is 0.489 e. The molecule has 0 aliphatic heterocycles. The van der Waals surface area contributed by atoms with Crippen LogP contribution >= 0.6 is 23.4 Å². The molecule has 0 spiro atoms. The summed E-state index contributed by atoms with van der Waals surface area (Å²) < 4.78 is 5.90. The Hall–Kier alpha value is -6.16. The maximum absolute atomic E-state index is 13.7. The quantitative estimate of drug-likeness (QED) is 0.0810. The number of thioether (sulfide) groups is 1. The van der Waals surface area contributed by atoms with Crippen LogP contribution < -0.4 is 20.7 Å². The Morgan fingerprint density at radius 3 is 2.04 bits per heavy atom. The first-order valence-corrected chi connectivity index (χ1v) is 17.6. The first-order chi connectivity index (χ1) is 25.4. The van der Waals surface area contributed by atoms with Crippen molar-refractivity contribution in [3.05, 3.63) is 191 Å². The minimum atomic E-state index is -0.586. The third-order valence-corrected chi connectivity index (χ3v) is 9.14. The number of ether oxygens (including phenoxy) is 1. The topological polar surface area (TPSA) is 109 Å². The first kappa shape index (κ1) is 35.7. The van der Waals surface area contributed by atoms with Gasteiger partial charge in [-0.05, 0) is 83.4 Å². The molecule has 52 heavy (non-hydrogen) atoms. The maximum atomic E-state index is 13.7. The van der Waals surface area contributed by atoms with Crippen molar-refractivity contribution in [2.24, 2.45) is 0 Å². The highest BCUT2D eigenvalue weighted by molar-refractivity contribution is 8.00. The zero-order valence-electron chi connectivity index (χ0n) is 27.7. The number of benzene rings is 5. The molecule has 1 heterocycles. The van der Waals surface area contributed by atoms with E-state index in [4.69, 9.17) is 16.3 Å². The maximum Gasteiger partial charge on any atom is 0.272 e. The lowest BCUT2D eigenvalue weighted by Gasteiger charge is -2.17. The Bertz CT molecular complexity index is 2130. The van der Waals surface area contributed by atoms with Crippen molar-refractivity contribution in [3.63, 3.8) is 0 Å². The van der Waals surface area contributed by atoms with Crippen LogP contribution in [0, 0.1) is 0 Å². The molecule has 0 aliphatic carbocycles. The average molecular weight is 725 g/mol. The van der Waals surface area contributed by atoms with Gasteiger partial charge in [0.2, 0.25) is 5.91 Å². The molecule has 0 saturated carbocycles. The summed E-state index contributed by atoms with van der Waals surface area (Å²) in [5, 5.41) is 8.41. The number of carbonyl (C=O) groups is 3. The molecule has 6 rings (SSSR count). The van der Waals surface area contributed by atoms with E-state index in [1.54, 1.807) is 54.6 Å². The molecule has 8 nitrogen and oxygen atoms in total. The number of carbonyl (C=O) groups excluding carboxylic acids is 3. The minimum absolute atomic E-state index is 0.0573. The lowest BCUT2D eigenvalue weighted by molar-refractivity contribution is -0.116. The Morgan fingerprint density at radius 1 is 0.731 bits per heavy atom. The number of rotatable bonds is 13. The fourth-order valence-corrected chi connectivity index (χ4v) is 6.14. The number of halogens is 1. The highest BCUT2D eigenvalue weighted by atomic mass is 35.5. The van der Waals surface area contributed by atoms with Gasteiger partial charge in [0.15, 0.2) is 0 Å². The van der Waals surface area contributed by atoms with Gasteiger partial charge in [-0.1, -0.05) is 103 Å². The highest BCUT2D eigenvalue weighted by Crippen LogP contribution is 2.36. The zero-order chi connectivity index (χ0) is 36.1. The van der Waals surface area contributed by atoms with E-state index in [2.05, 4.69) is 20.9 Å². The van der Waals surface area contributed by atoms with Crippen molar-refractivity contribution in [3.8, 4) is 5.75 Å². The molecular weight excluding hydrogens is 692 g/mol. The number of hydrogen-bond donors (Lipinski definition) is 3. The third-order valence-electron chi connectivity index (χ3n) is 7.65. The van der Waals surface area contributed by atoms with Gasteiger partial charge in [0, 0.05) is 22.3 Å². The molecule has 258 valence electrons. The molecule has 5 aromatic carbocycles. The normalized spacial score (nSPS) is 11.6. The highest BCUT2D eigenvalue weighted by Gasteiger charge is 2.23. The summed E-state index contributed by atoms with van der Waals surface area (Å²) in [5.74, 6) is -0.110. The average Bonchev–Trinajstić information content (AvgIpc) is 3.19. The minimum Gasteiger partial charge on any atom is -0.489 e. The van der Waals surface area contributed by atoms with E-state index in [0.29, 0.717) is 40.0 Å². The Kier molecular flexibility index (Phi) is 12.1. The van der Waals surface area contributed by atoms with Gasteiger partial charge in [-0.25, -0.2) is 4.98 Å². The molecule has 0 aliphatic rings. The molecular formula is C42H33ClN4O4S. The van der Waals surface area contributed by atoms with E-state index in [-0.39, 0.29) is 11.6 Å². The predicted molar refractivity (Wildman–Crippen MR) is 207 cm³/mol. The number of nitrogens with zero attached hydrogens (tertiary/aromatic N) is 1. The van der Waals surface area contributed by atoms with Gasteiger partial charge in [-0.15, -0.1) is 11.8 Å². The summed E-state index contributed by atoms with van der Waals surface area (Å²) in [5.41, 5.74) is 3.53. The molecule has 0 bridgehead atoms. The van der Waals surface area contributed by atoms with Gasteiger partial charge >= 0.3 is 0 Å². The van der Waals surface area contributed by atoms with Crippen LogP contribution in [0.15, 0.2) is 168 Å². The van der Waals surface area contributed by atoms with Crippen molar-refractivity contribution < 1.29 is 19.1 Å². The number of amides is 3. The van der Waals surface area contributed by atoms with Crippen LogP contribution in [0.25, 0.3) is 6.08 Å². The number of anilines is 2. The second-order valence-electron chi connectivity index (χ2n) is 11.5. The molecule has 0 radical (unpaired) electrons. The van der Waals surface area contributed by atoms with Crippen LogP contribution in [0.4, 0.5) is 11.5 Å². The van der Waals surface area contributed by atoms with Crippen molar-refractivity contribution in [2.45, 2.75) is 16.8 Å². The van der Waals surface area contributed by atoms with Gasteiger partial charge in [0.1, 0.15) is 29.1 Å². The SMILES string of the molecule is O=C(Nc1ccc(SC(C(=O)Nc2ccc(Cl)cn2)c2ccccc2)cc1)/C(=C/c1ccc(OCc2ccccc2)cc1)NC(=O)c1ccccc1. The lowest BCUT2D eigenvalue weighted by atomic mass is 10.1. The third kappa shape index (κ3) is 10.2. The van der Waals surface area contributed by atoms with E-state index in [9.17, 15) is 14.4 Å². The zero-order valence-corrected chi connectivity index (χ0v) is 29.3. The second kappa shape index (κ2) is 17.7. The van der Waals surface area contributed by atoms with Gasteiger partial charge in [-0.2, -0.15) is 0 Å². The smallest absolute Gasteiger partial charge is 0.272 e. The van der Waals surface area contributed by atoms with E-state index < -0.39 is 17.1 Å². The van der Waals surface area contributed by atoms with Crippen molar-refractivity contribution in [2.75, 3.05) is 10.6 Å². The van der Waals surface area contributed by atoms with Crippen LogP contribution in [0.5, 0.6) is 5.75 Å². The van der Waals surface area contributed by atoms with Crippen LogP contribution in [-0.2, 0) is 16.2 Å². The summed E-state index contributed by atoms with van der Waals surface area (Å²) in [6, 6.07) is 45.7. The van der Waals surface area contributed by atoms with Crippen LogP contribution in [0.3, 0.4) is 0 Å². The van der Waals surface area contributed by atoms with Gasteiger partial charge in [-0.3, -0.25) is 14.4 Å². The monoisotopic (exact) mass is 724 g/mol. The molecule has 1 aromatic heterocycles. The Labute approximate surface area is 310 Å². The van der Waals surface area contributed by atoms with Crippen molar-refractivity contribution in [1.82, 2.24) is 10.3 Å². The number of aromatic nitrogens is 1. The van der Waals surface area contributed by atoms with Crippen molar-refractivity contribution in [1.29, 1.82) is 0 Å². The molecule has 0 fully saturated rings. The van der Waals surface area contributed by atoms with E-state index >= 15 is 0 Å². The predicted octanol–water partition coefficient (Wildman–Crippen LogP) is 9.20. The lowest BCUT2D eigenvalue weighted by Crippen LogP contribution is -2.30. The molecule has 10 heteroatoms. The molecule has 3 amide bonds. The molecule has 0 saturated heterocycles. The Morgan fingerprint density at radius 2 is 1.38 bits per heavy atom. The van der Waals surface area contributed by atoms with Crippen molar-refractivity contribution >= 4 is 58.7 Å². The molecule has 3 N–H and O–H groups in total. The number of nitrogens with one attached hydrogen (secondary N) is 3. The fourth-order valence-electron chi connectivity index (χ4n) is 5.00. The number of hydrogen-bond acceptors (Lipinski definition) is 6. The van der Waals surface area contributed by atoms with Crippen LogP contribution in [0.1, 0.15) is 32.3 Å². The summed E-state index contributed by atoms with van der Waals surface area (Å²) in [6.07, 6.45) is 3.08. The molecule has 6 aromatic rings. The van der Waals surface area contributed by atoms with Gasteiger partial charge in [0.25, 0.3) is 11.8 Å². The summed E-state index contributed by atoms with van der Waals surface area (Å²) in [6.45, 7) is 0.426. The molecule has 1 atom stereocenters. The first-order valence-electron chi connectivity index (χ1n) is 16.3. The van der Waals surface area contributed by atoms with Crippen LogP contribution in [0.2, 0.25) is 5.02 Å². The number of pyridine rings is 1. The van der Waals surface area contributed by atoms with E-state index in [1.807, 2.05) is 103 Å². The summed E-state index contributed by atoms with van der Waals surface area (Å²) >= 11 is 7.32. The van der Waals surface area contributed by atoms with E-state index in [0.717, 1.165) is 16.0 Å². The summed E-state index contributed by atoms with van der Waals surface area (Å²) in [4.78, 5) is 45.2. The fraction of sp³-hybridized carbons (Fsp3) is 0.0476.